The molecule has 0 saturated heterocycles. The van der Waals surface area contributed by atoms with Crippen LogP contribution in [0.25, 0.3) is 11.2 Å². The van der Waals surface area contributed by atoms with Gasteiger partial charge in [-0.05, 0) is 24.3 Å². The highest BCUT2D eigenvalue weighted by Crippen LogP contribution is 2.12. The quantitative estimate of drug-likeness (QED) is 0.448. The maximum absolute atomic E-state index is 12.1. The van der Waals surface area contributed by atoms with Crippen LogP contribution in [0, 0.1) is 0 Å². The number of hydrogen-bond donors (Lipinski definition) is 3. The van der Waals surface area contributed by atoms with E-state index in [9.17, 15) is 14.7 Å². The summed E-state index contributed by atoms with van der Waals surface area (Å²) in [5.41, 5.74) is 5.77. The Morgan fingerprint density at radius 1 is 1.36 bits per heavy atom. The number of imidazole rings is 1. The number of aliphatic hydroxyl groups is 1. The van der Waals surface area contributed by atoms with Crippen LogP contribution in [-0.4, -0.2) is 57.0 Å². The largest absolute Gasteiger partial charge is 0.497 e. The van der Waals surface area contributed by atoms with E-state index in [1.165, 1.54) is 18.0 Å². The van der Waals surface area contributed by atoms with Gasteiger partial charge in [-0.25, -0.2) is 9.78 Å². The van der Waals surface area contributed by atoms with Crippen LogP contribution in [0.3, 0.4) is 0 Å². The molecule has 0 spiro atoms. The average Bonchev–Trinajstić information content (AvgIpc) is 3.11. The van der Waals surface area contributed by atoms with Gasteiger partial charge in [0.2, 0.25) is 5.95 Å². The lowest BCUT2D eigenvalue weighted by Crippen LogP contribution is -2.27. The van der Waals surface area contributed by atoms with E-state index in [4.69, 9.17) is 19.9 Å². The summed E-state index contributed by atoms with van der Waals surface area (Å²) in [7, 11) is 1.53. The molecule has 2 heterocycles. The third-order valence-electron chi connectivity index (χ3n) is 3.87. The van der Waals surface area contributed by atoms with Gasteiger partial charge in [-0.3, -0.25) is 14.3 Å². The fourth-order valence-corrected chi connectivity index (χ4v) is 2.38. The number of H-pyrrole nitrogens is 1. The molecule has 0 saturated carbocycles. The summed E-state index contributed by atoms with van der Waals surface area (Å²) < 4.78 is 17.2. The molecule has 0 aliphatic carbocycles. The van der Waals surface area contributed by atoms with Crippen LogP contribution in [0.1, 0.15) is 10.4 Å². The van der Waals surface area contributed by atoms with E-state index in [0.717, 1.165) is 0 Å². The van der Waals surface area contributed by atoms with Crippen molar-refractivity contribution in [2.45, 2.75) is 12.8 Å². The molecule has 11 nitrogen and oxygen atoms in total. The van der Waals surface area contributed by atoms with Gasteiger partial charge in [-0.2, -0.15) is 4.98 Å². The molecule has 0 fully saturated rings. The van der Waals surface area contributed by atoms with Gasteiger partial charge in [0, 0.05) is 0 Å². The molecule has 2 aromatic heterocycles. The van der Waals surface area contributed by atoms with Gasteiger partial charge in [0.05, 0.1) is 25.6 Å². The van der Waals surface area contributed by atoms with E-state index >= 15 is 0 Å². The van der Waals surface area contributed by atoms with Gasteiger partial charge >= 0.3 is 5.97 Å². The number of nitrogens with zero attached hydrogens (tertiary/aromatic N) is 3. The second-order valence-electron chi connectivity index (χ2n) is 5.77. The van der Waals surface area contributed by atoms with Crippen molar-refractivity contribution < 1.29 is 24.1 Å². The number of hydrogen-bond acceptors (Lipinski definition) is 9. The van der Waals surface area contributed by atoms with Crippen molar-refractivity contribution in [3.05, 3.63) is 46.5 Å². The molecule has 0 bridgehead atoms. The van der Waals surface area contributed by atoms with E-state index in [-0.39, 0.29) is 37.1 Å². The summed E-state index contributed by atoms with van der Waals surface area (Å²) in [4.78, 5) is 34.1. The Kier molecular flexibility index (Phi) is 5.87. The molecular weight excluding hydrogens is 370 g/mol. The van der Waals surface area contributed by atoms with Crippen LogP contribution in [0.15, 0.2) is 35.4 Å². The number of aromatic nitrogens is 4. The van der Waals surface area contributed by atoms with E-state index in [0.29, 0.717) is 11.3 Å². The molecule has 3 rings (SSSR count). The monoisotopic (exact) mass is 389 g/mol. The summed E-state index contributed by atoms with van der Waals surface area (Å²) in [5.74, 6) is 0.0129. The second-order valence-corrected chi connectivity index (χ2v) is 5.77. The summed E-state index contributed by atoms with van der Waals surface area (Å²) in [6, 6.07) is 6.42. The van der Waals surface area contributed by atoms with E-state index < -0.39 is 17.6 Å². The molecule has 0 radical (unpaired) electrons. The van der Waals surface area contributed by atoms with Crippen LogP contribution in [0.2, 0.25) is 0 Å². The molecule has 28 heavy (non-hydrogen) atoms. The van der Waals surface area contributed by atoms with Gasteiger partial charge in [0.25, 0.3) is 5.56 Å². The number of nitrogens with two attached hydrogens (primary N) is 1. The van der Waals surface area contributed by atoms with Crippen LogP contribution in [0.5, 0.6) is 5.75 Å². The smallest absolute Gasteiger partial charge is 0.338 e. The van der Waals surface area contributed by atoms with Crippen molar-refractivity contribution in [1.29, 1.82) is 0 Å². The predicted octanol–water partition coefficient (Wildman–Crippen LogP) is -0.0976. The average molecular weight is 389 g/mol. The zero-order chi connectivity index (χ0) is 20.1. The molecule has 0 amide bonds. The Bertz CT molecular complexity index is 1010. The van der Waals surface area contributed by atoms with Crippen molar-refractivity contribution in [1.82, 2.24) is 19.5 Å². The lowest BCUT2D eigenvalue weighted by Gasteiger charge is -2.16. The number of methoxy groups -OCH3 is 1. The van der Waals surface area contributed by atoms with E-state index in [2.05, 4.69) is 15.0 Å². The maximum atomic E-state index is 12.1. The highest BCUT2D eigenvalue weighted by Gasteiger charge is 2.15. The number of nitrogen functional groups attached to an aromatic ring is 1. The molecule has 1 aromatic carbocycles. The zero-order valence-corrected chi connectivity index (χ0v) is 15.0. The van der Waals surface area contributed by atoms with Crippen LogP contribution in [0.4, 0.5) is 5.95 Å². The van der Waals surface area contributed by atoms with Crippen LogP contribution >= 0.6 is 0 Å². The normalized spacial score (nSPS) is 12.1. The molecule has 1 unspecified atom stereocenters. The van der Waals surface area contributed by atoms with Crippen molar-refractivity contribution in [3.8, 4) is 5.75 Å². The Labute approximate surface area is 158 Å². The second kappa shape index (κ2) is 8.50. The third kappa shape index (κ3) is 4.27. The van der Waals surface area contributed by atoms with Crippen molar-refractivity contribution in [2.75, 3.05) is 26.1 Å². The summed E-state index contributed by atoms with van der Waals surface area (Å²) in [5, 5.41) is 9.46. The minimum absolute atomic E-state index is 0.0496. The number of ether oxygens (including phenoxy) is 3. The van der Waals surface area contributed by atoms with Gasteiger partial charge in [-0.1, -0.05) is 0 Å². The molecule has 148 valence electrons. The summed E-state index contributed by atoms with van der Waals surface area (Å²) in [6.07, 6.45) is 0.587. The molecule has 11 heteroatoms. The molecular formula is C17H19N5O6. The number of carbonyl (C=O) groups is 1. The SMILES string of the molecule is COc1ccc(C(=O)OCC(CO)OCn2cnc3c(=O)[nH]c(N)nc32)cc1. The first-order valence-electron chi connectivity index (χ1n) is 8.26. The number of rotatable bonds is 8. The third-order valence-corrected chi connectivity index (χ3v) is 3.87. The van der Waals surface area contributed by atoms with Crippen molar-refractivity contribution in [2.24, 2.45) is 0 Å². The summed E-state index contributed by atoms with van der Waals surface area (Å²) >= 11 is 0. The summed E-state index contributed by atoms with van der Waals surface area (Å²) in [6.45, 7) is -0.611. The zero-order valence-electron chi connectivity index (χ0n) is 15.0. The Hall–Kier alpha value is -3.44. The van der Waals surface area contributed by atoms with Gasteiger partial charge in [0.1, 0.15) is 25.2 Å². The number of fused-ring (bicyclic) bond motifs is 1. The van der Waals surface area contributed by atoms with Gasteiger partial charge < -0.3 is 25.1 Å². The standard InChI is InChI=1S/C17H19N5O6/c1-26-11-4-2-10(3-5-11)16(25)27-7-12(6-23)28-9-22-8-19-13-14(22)20-17(18)21-15(13)24/h2-5,8,12,23H,6-7,9H2,1H3,(H3,18,20,21,24). The van der Waals surface area contributed by atoms with Crippen molar-refractivity contribution >= 4 is 23.1 Å². The first kappa shape index (κ1) is 19.3. The number of anilines is 1. The predicted molar refractivity (Wildman–Crippen MR) is 97.8 cm³/mol. The fourth-order valence-electron chi connectivity index (χ4n) is 2.38. The topological polar surface area (TPSA) is 155 Å². The maximum Gasteiger partial charge on any atom is 0.338 e. The minimum Gasteiger partial charge on any atom is -0.497 e. The van der Waals surface area contributed by atoms with Gasteiger partial charge in [-0.15, -0.1) is 0 Å². The van der Waals surface area contributed by atoms with Crippen molar-refractivity contribution in [3.63, 3.8) is 0 Å². The number of esters is 1. The highest BCUT2D eigenvalue weighted by atomic mass is 16.6. The molecule has 0 aliphatic heterocycles. The first-order valence-corrected chi connectivity index (χ1v) is 8.26. The molecule has 4 N–H and O–H groups in total. The molecule has 1 atom stereocenters. The Morgan fingerprint density at radius 3 is 2.79 bits per heavy atom. The van der Waals surface area contributed by atoms with Crippen LogP contribution < -0.4 is 16.0 Å². The van der Waals surface area contributed by atoms with Gasteiger partial charge in [0.15, 0.2) is 11.2 Å². The number of aliphatic hydroxyl groups excluding tert-OH is 1. The minimum atomic E-state index is -0.779. The fraction of sp³-hybridized carbons (Fsp3) is 0.294. The van der Waals surface area contributed by atoms with E-state index in [1.807, 2.05) is 0 Å². The first-order chi connectivity index (χ1) is 13.5. The lowest BCUT2D eigenvalue weighted by atomic mass is 10.2. The van der Waals surface area contributed by atoms with Crippen LogP contribution in [-0.2, 0) is 16.2 Å². The Morgan fingerprint density at radius 2 is 2.11 bits per heavy atom. The molecule has 3 aromatic rings. The highest BCUT2D eigenvalue weighted by molar-refractivity contribution is 5.89. The molecule has 0 aliphatic rings. The van der Waals surface area contributed by atoms with E-state index in [1.54, 1.807) is 24.3 Å². The number of nitrogens with one attached hydrogen (secondary N) is 1. The number of carbonyl (C=O) groups excluding carboxylic acids is 1. The number of benzene rings is 1. The lowest BCUT2D eigenvalue weighted by molar-refractivity contribution is -0.0559. The Balaban J connectivity index is 1.59. The number of aromatic amines is 1.